The molecule has 0 saturated heterocycles. The van der Waals surface area contributed by atoms with Gasteiger partial charge in [0.25, 0.3) is 5.91 Å². The van der Waals surface area contributed by atoms with Crippen molar-refractivity contribution in [3.05, 3.63) is 75.8 Å². The Balaban J connectivity index is 1.65. The number of rotatable bonds is 8. The van der Waals surface area contributed by atoms with E-state index in [4.69, 9.17) is 4.74 Å². The highest BCUT2D eigenvalue weighted by Gasteiger charge is 2.30. The van der Waals surface area contributed by atoms with E-state index >= 15 is 0 Å². The first-order valence-electron chi connectivity index (χ1n) is 12.0. The van der Waals surface area contributed by atoms with Crippen LogP contribution in [0.1, 0.15) is 59.8 Å². The van der Waals surface area contributed by atoms with Crippen LogP contribution >= 0.6 is 11.3 Å². The Labute approximate surface area is 228 Å². The zero-order valence-electron chi connectivity index (χ0n) is 21.9. The fourth-order valence-electron chi connectivity index (χ4n) is 3.42. The molecule has 0 aliphatic rings. The van der Waals surface area contributed by atoms with Gasteiger partial charge in [-0.05, 0) is 69.0 Å². The number of aryl methyl sites for hydroxylation is 2. The van der Waals surface area contributed by atoms with Crippen molar-refractivity contribution >= 4 is 40.1 Å². The predicted octanol–water partition coefficient (Wildman–Crippen LogP) is 6.18. The summed E-state index contributed by atoms with van der Waals surface area (Å²) in [6, 6.07) is 11.7. The smallest absolute Gasteiger partial charge is 0.416 e. The van der Waals surface area contributed by atoms with Gasteiger partial charge in [0, 0.05) is 19.2 Å². The third-order valence-electron chi connectivity index (χ3n) is 5.17. The van der Waals surface area contributed by atoms with Crippen LogP contribution in [0.15, 0.2) is 48.5 Å². The number of halogens is 3. The second-order valence-electron chi connectivity index (χ2n) is 9.68. The van der Waals surface area contributed by atoms with Crippen LogP contribution in [0.4, 0.5) is 28.8 Å². The maximum atomic E-state index is 12.9. The molecule has 2 aromatic carbocycles. The van der Waals surface area contributed by atoms with Gasteiger partial charge >= 0.3 is 12.3 Å². The number of aromatic nitrogens is 1. The summed E-state index contributed by atoms with van der Waals surface area (Å²) in [5.41, 5.74) is 1.09. The zero-order valence-corrected chi connectivity index (χ0v) is 22.7. The van der Waals surface area contributed by atoms with E-state index in [9.17, 15) is 27.6 Å². The van der Waals surface area contributed by atoms with E-state index in [1.807, 2.05) is 12.1 Å². The lowest BCUT2D eigenvalue weighted by molar-refractivity contribution is -0.137. The van der Waals surface area contributed by atoms with E-state index in [1.165, 1.54) is 19.1 Å². The van der Waals surface area contributed by atoms with Crippen molar-refractivity contribution < 1.29 is 32.3 Å². The maximum absolute atomic E-state index is 12.9. The Kier molecular flexibility index (Phi) is 9.33. The SMILES string of the molecule is CC(=O)Nc1nc(CCc2ccc(NC(=O)OC(C)(C)C)cc2)c(C(=O)NCc2ccc(C(F)(F)F)cc2)s1. The molecule has 39 heavy (non-hydrogen) atoms. The van der Waals surface area contributed by atoms with Gasteiger partial charge in [-0.1, -0.05) is 35.6 Å². The van der Waals surface area contributed by atoms with Gasteiger partial charge in [-0.2, -0.15) is 13.2 Å². The van der Waals surface area contributed by atoms with Gasteiger partial charge in [0.15, 0.2) is 5.13 Å². The topological polar surface area (TPSA) is 109 Å². The Morgan fingerprint density at radius 3 is 2.08 bits per heavy atom. The molecular formula is C27H29F3N4O4S. The highest BCUT2D eigenvalue weighted by atomic mass is 32.1. The summed E-state index contributed by atoms with van der Waals surface area (Å²) in [6.45, 7) is 6.67. The molecule has 0 radical (unpaired) electrons. The van der Waals surface area contributed by atoms with Gasteiger partial charge in [-0.3, -0.25) is 14.9 Å². The summed E-state index contributed by atoms with van der Waals surface area (Å²) in [4.78, 5) is 41.1. The number of carbonyl (C=O) groups excluding carboxylic acids is 3. The number of hydrogen-bond acceptors (Lipinski definition) is 6. The Bertz CT molecular complexity index is 1310. The van der Waals surface area contributed by atoms with Crippen LogP contribution in [-0.2, 0) is 35.1 Å². The molecule has 0 spiro atoms. The molecule has 0 aliphatic carbocycles. The van der Waals surface area contributed by atoms with Gasteiger partial charge in [-0.15, -0.1) is 0 Å². The van der Waals surface area contributed by atoms with E-state index in [0.29, 0.717) is 34.7 Å². The summed E-state index contributed by atoms with van der Waals surface area (Å²) in [5.74, 6) is -0.781. The van der Waals surface area contributed by atoms with Crippen LogP contribution in [0, 0.1) is 0 Å². The van der Waals surface area contributed by atoms with E-state index in [1.54, 1.807) is 32.9 Å². The van der Waals surface area contributed by atoms with E-state index in [2.05, 4.69) is 20.9 Å². The van der Waals surface area contributed by atoms with Crippen molar-refractivity contribution in [3.63, 3.8) is 0 Å². The average molecular weight is 563 g/mol. The molecule has 0 atom stereocenters. The highest BCUT2D eigenvalue weighted by molar-refractivity contribution is 7.17. The Morgan fingerprint density at radius 1 is 0.897 bits per heavy atom. The monoisotopic (exact) mass is 562 g/mol. The molecule has 1 heterocycles. The van der Waals surface area contributed by atoms with Crippen molar-refractivity contribution in [1.29, 1.82) is 0 Å². The number of benzene rings is 2. The Morgan fingerprint density at radius 2 is 1.51 bits per heavy atom. The summed E-state index contributed by atoms with van der Waals surface area (Å²) in [7, 11) is 0. The lowest BCUT2D eigenvalue weighted by Gasteiger charge is -2.19. The van der Waals surface area contributed by atoms with E-state index in [0.717, 1.165) is 29.0 Å². The van der Waals surface area contributed by atoms with Gasteiger partial charge in [0.05, 0.1) is 11.3 Å². The largest absolute Gasteiger partial charge is 0.444 e. The number of nitrogens with one attached hydrogen (secondary N) is 3. The summed E-state index contributed by atoms with van der Waals surface area (Å²) in [6.07, 6.45) is -4.09. The van der Waals surface area contributed by atoms with Crippen LogP contribution in [0.3, 0.4) is 0 Å². The minimum absolute atomic E-state index is 0.0237. The average Bonchev–Trinajstić information content (AvgIpc) is 3.22. The molecule has 3 amide bonds. The van der Waals surface area contributed by atoms with Gasteiger partial charge in [0.2, 0.25) is 5.91 Å². The first-order chi connectivity index (χ1) is 18.2. The minimum atomic E-state index is -4.44. The fraction of sp³-hybridized carbons (Fsp3) is 0.333. The number of hydrogen-bond donors (Lipinski definition) is 3. The molecule has 1 aromatic heterocycles. The van der Waals surface area contributed by atoms with E-state index in [-0.39, 0.29) is 17.6 Å². The standard InChI is InChI=1S/C27H29F3N4O4S/c1-16(35)32-24-34-21(14-9-17-7-12-20(13-8-17)33-25(37)38-26(2,3)4)22(39-24)23(36)31-15-18-5-10-19(11-6-18)27(28,29)30/h5-8,10-13H,9,14-15H2,1-4H3,(H,31,36)(H,33,37)(H,32,34,35). The number of carbonyl (C=O) groups is 3. The lowest BCUT2D eigenvalue weighted by Crippen LogP contribution is -2.27. The van der Waals surface area contributed by atoms with Crippen LogP contribution < -0.4 is 16.0 Å². The lowest BCUT2D eigenvalue weighted by atomic mass is 10.1. The van der Waals surface area contributed by atoms with Crippen LogP contribution in [0.25, 0.3) is 0 Å². The Hall–Kier alpha value is -3.93. The molecule has 0 unspecified atom stereocenters. The molecule has 0 bridgehead atoms. The molecule has 12 heteroatoms. The number of nitrogens with zero attached hydrogens (tertiary/aromatic N) is 1. The van der Waals surface area contributed by atoms with Crippen molar-refractivity contribution in [3.8, 4) is 0 Å². The summed E-state index contributed by atoms with van der Waals surface area (Å²) in [5, 5.41) is 8.22. The second-order valence-corrected chi connectivity index (χ2v) is 10.7. The maximum Gasteiger partial charge on any atom is 0.416 e. The first kappa shape index (κ1) is 29.6. The molecular weight excluding hydrogens is 533 g/mol. The third kappa shape index (κ3) is 9.40. The predicted molar refractivity (Wildman–Crippen MR) is 143 cm³/mol. The molecule has 3 aromatic rings. The number of ether oxygens (including phenoxy) is 1. The first-order valence-corrected chi connectivity index (χ1v) is 12.8. The van der Waals surface area contributed by atoms with Crippen molar-refractivity contribution in [1.82, 2.24) is 10.3 Å². The number of thiazole rings is 1. The fourth-order valence-corrected chi connectivity index (χ4v) is 4.39. The molecule has 0 saturated carbocycles. The van der Waals surface area contributed by atoms with Crippen LogP contribution in [-0.4, -0.2) is 28.5 Å². The zero-order chi connectivity index (χ0) is 28.8. The van der Waals surface area contributed by atoms with Crippen molar-refractivity contribution in [2.24, 2.45) is 0 Å². The van der Waals surface area contributed by atoms with Crippen LogP contribution in [0.2, 0.25) is 0 Å². The number of amides is 3. The highest BCUT2D eigenvalue weighted by Crippen LogP contribution is 2.29. The normalized spacial score (nSPS) is 11.6. The molecule has 0 fully saturated rings. The molecule has 0 aliphatic heterocycles. The third-order valence-corrected chi connectivity index (χ3v) is 6.18. The van der Waals surface area contributed by atoms with Gasteiger partial charge in [0.1, 0.15) is 10.5 Å². The second kappa shape index (κ2) is 12.3. The van der Waals surface area contributed by atoms with Gasteiger partial charge in [-0.25, -0.2) is 9.78 Å². The summed E-state index contributed by atoms with van der Waals surface area (Å²) < 4.78 is 43.6. The molecule has 208 valence electrons. The molecule has 3 rings (SSSR count). The van der Waals surface area contributed by atoms with Crippen molar-refractivity contribution in [2.75, 3.05) is 10.6 Å². The number of anilines is 2. The quantitative estimate of drug-likeness (QED) is 0.304. The molecule has 8 nitrogen and oxygen atoms in total. The molecule has 3 N–H and O–H groups in total. The minimum Gasteiger partial charge on any atom is -0.444 e. The van der Waals surface area contributed by atoms with Crippen LogP contribution in [0.5, 0.6) is 0 Å². The number of alkyl halides is 3. The van der Waals surface area contributed by atoms with E-state index < -0.39 is 29.3 Å². The summed E-state index contributed by atoms with van der Waals surface area (Å²) >= 11 is 1.02. The van der Waals surface area contributed by atoms with Crippen molar-refractivity contribution in [2.45, 2.75) is 58.9 Å². The van der Waals surface area contributed by atoms with Gasteiger partial charge < -0.3 is 15.4 Å².